The normalized spacial score (nSPS) is 14.2. The Morgan fingerprint density at radius 2 is 1.78 bits per heavy atom. The van der Waals surface area contributed by atoms with Gasteiger partial charge in [-0.2, -0.15) is 5.01 Å². The molecule has 1 aliphatic heterocycles. The molecule has 2 aromatic carbocycles. The summed E-state index contributed by atoms with van der Waals surface area (Å²) in [5.41, 5.74) is 3.64. The minimum absolute atomic E-state index is 0.0994. The number of nitrogens with zero attached hydrogens (tertiary/aromatic N) is 2. The Labute approximate surface area is 228 Å². The van der Waals surface area contributed by atoms with Crippen LogP contribution in [0, 0.1) is 0 Å². The smallest absolute Gasteiger partial charge is 0.285 e. The molecule has 0 aliphatic carbocycles. The van der Waals surface area contributed by atoms with Crippen LogP contribution in [0.5, 0.6) is 11.5 Å². The van der Waals surface area contributed by atoms with Crippen LogP contribution >= 0.6 is 39.9 Å². The van der Waals surface area contributed by atoms with E-state index in [2.05, 4.69) is 21.4 Å². The van der Waals surface area contributed by atoms with Crippen LogP contribution < -0.4 is 14.9 Å². The van der Waals surface area contributed by atoms with Crippen molar-refractivity contribution in [2.45, 2.75) is 20.8 Å². The van der Waals surface area contributed by atoms with Gasteiger partial charge in [-0.15, -0.1) is 0 Å². The quantitative estimate of drug-likeness (QED) is 0.318. The third-order valence-electron chi connectivity index (χ3n) is 5.15. The first kappa shape index (κ1) is 27.7. The van der Waals surface area contributed by atoms with Crippen molar-refractivity contribution in [3.8, 4) is 11.5 Å². The summed E-state index contributed by atoms with van der Waals surface area (Å²) >= 11 is 9.72. The standard InChI is InChI=1S/C25H26BrN3O5S2/c1-4-28(5-2)22(30)15-34-19-12-7-16(13-20(19)33-6-3)14-21-24(32)29(25(35)36-21)27-23(31)17-8-10-18(26)11-9-17/h7-14H,4-6,15H2,1-3H3,(H,27,31)/b21-14+. The summed E-state index contributed by atoms with van der Waals surface area (Å²) in [6, 6.07) is 11.9. The van der Waals surface area contributed by atoms with E-state index < -0.39 is 11.8 Å². The lowest BCUT2D eigenvalue weighted by atomic mass is 10.2. The highest BCUT2D eigenvalue weighted by molar-refractivity contribution is 9.10. The maximum Gasteiger partial charge on any atom is 0.285 e. The second-order valence-electron chi connectivity index (χ2n) is 7.46. The molecular weight excluding hydrogens is 566 g/mol. The topological polar surface area (TPSA) is 88.2 Å². The summed E-state index contributed by atoms with van der Waals surface area (Å²) in [7, 11) is 0. The van der Waals surface area contributed by atoms with Gasteiger partial charge in [0.15, 0.2) is 22.4 Å². The van der Waals surface area contributed by atoms with E-state index >= 15 is 0 Å². The zero-order valence-corrected chi connectivity index (χ0v) is 23.3. The van der Waals surface area contributed by atoms with Crippen LogP contribution in [0.4, 0.5) is 0 Å². The van der Waals surface area contributed by atoms with E-state index in [4.69, 9.17) is 21.7 Å². The monoisotopic (exact) mass is 591 g/mol. The van der Waals surface area contributed by atoms with E-state index in [0.717, 1.165) is 21.2 Å². The number of thioether (sulfide) groups is 1. The van der Waals surface area contributed by atoms with Crippen molar-refractivity contribution < 1.29 is 23.9 Å². The maximum atomic E-state index is 12.9. The van der Waals surface area contributed by atoms with E-state index in [9.17, 15) is 14.4 Å². The highest BCUT2D eigenvalue weighted by Crippen LogP contribution is 2.34. The van der Waals surface area contributed by atoms with E-state index in [1.54, 1.807) is 53.4 Å². The highest BCUT2D eigenvalue weighted by atomic mass is 79.9. The molecular formula is C25H26BrN3O5S2. The fourth-order valence-corrected chi connectivity index (χ4v) is 4.74. The van der Waals surface area contributed by atoms with Crippen LogP contribution in [-0.4, -0.2) is 58.3 Å². The lowest BCUT2D eigenvalue weighted by molar-refractivity contribution is -0.133. The number of ether oxygens (including phenoxy) is 2. The fraction of sp³-hybridized carbons (Fsp3) is 0.280. The Balaban J connectivity index is 1.73. The van der Waals surface area contributed by atoms with E-state index in [1.165, 1.54) is 0 Å². The van der Waals surface area contributed by atoms with Gasteiger partial charge in [-0.05, 0) is 81.0 Å². The molecule has 0 aromatic heterocycles. The van der Waals surface area contributed by atoms with Crippen LogP contribution in [0.25, 0.3) is 6.08 Å². The molecule has 0 radical (unpaired) electrons. The van der Waals surface area contributed by atoms with Crippen LogP contribution in [0.1, 0.15) is 36.7 Å². The lowest BCUT2D eigenvalue weighted by Crippen LogP contribution is -2.44. The van der Waals surface area contributed by atoms with Gasteiger partial charge in [-0.1, -0.05) is 33.8 Å². The molecule has 0 saturated carbocycles. The molecule has 190 valence electrons. The number of benzene rings is 2. The van der Waals surface area contributed by atoms with Crippen LogP contribution in [0.3, 0.4) is 0 Å². The molecule has 0 spiro atoms. The van der Waals surface area contributed by atoms with Crippen LogP contribution in [0.15, 0.2) is 51.8 Å². The molecule has 1 saturated heterocycles. The molecule has 8 nitrogen and oxygen atoms in total. The number of likely N-dealkylation sites (N-methyl/N-ethyl adjacent to an activating group) is 1. The molecule has 36 heavy (non-hydrogen) atoms. The van der Waals surface area contributed by atoms with Crippen molar-refractivity contribution in [2.75, 3.05) is 26.3 Å². The number of amides is 3. The van der Waals surface area contributed by atoms with Gasteiger partial charge in [0, 0.05) is 23.1 Å². The Kier molecular flexibility index (Phi) is 9.91. The zero-order chi connectivity index (χ0) is 26.2. The van der Waals surface area contributed by atoms with Gasteiger partial charge in [0.1, 0.15) is 0 Å². The van der Waals surface area contributed by atoms with Gasteiger partial charge < -0.3 is 14.4 Å². The number of hydrazine groups is 1. The fourth-order valence-electron chi connectivity index (χ4n) is 3.29. The molecule has 1 aliphatic rings. The summed E-state index contributed by atoms with van der Waals surface area (Å²) in [5, 5.41) is 1.07. The number of halogens is 1. The zero-order valence-electron chi connectivity index (χ0n) is 20.1. The largest absolute Gasteiger partial charge is 0.490 e. The second-order valence-corrected chi connectivity index (χ2v) is 10.1. The van der Waals surface area contributed by atoms with Gasteiger partial charge in [0.25, 0.3) is 17.7 Å². The summed E-state index contributed by atoms with van der Waals surface area (Å²) in [6.07, 6.45) is 1.67. The van der Waals surface area contributed by atoms with Crippen molar-refractivity contribution in [2.24, 2.45) is 0 Å². The number of rotatable bonds is 10. The van der Waals surface area contributed by atoms with Crippen LogP contribution in [0.2, 0.25) is 0 Å². The molecule has 2 aromatic rings. The van der Waals surface area contributed by atoms with Gasteiger partial charge in [-0.25, -0.2) is 0 Å². The molecule has 0 bridgehead atoms. The maximum absolute atomic E-state index is 12.9. The van der Waals surface area contributed by atoms with Crippen molar-refractivity contribution in [1.82, 2.24) is 15.3 Å². The Bertz CT molecular complexity index is 1180. The van der Waals surface area contributed by atoms with Crippen LogP contribution in [-0.2, 0) is 9.59 Å². The average Bonchev–Trinajstić information content (AvgIpc) is 3.12. The minimum atomic E-state index is -0.445. The molecule has 1 heterocycles. The van der Waals surface area contributed by atoms with Crippen molar-refractivity contribution in [3.05, 3.63) is 63.0 Å². The molecule has 1 N–H and O–H groups in total. The first-order chi connectivity index (χ1) is 17.3. The number of thiocarbonyl (C=S) groups is 1. The minimum Gasteiger partial charge on any atom is -0.490 e. The molecule has 3 rings (SSSR count). The van der Waals surface area contributed by atoms with Crippen molar-refractivity contribution >= 4 is 68.0 Å². The number of nitrogens with one attached hydrogen (secondary N) is 1. The van der Waals surface area contributed by atoms with Crippen molar-refractivity contribution in [1.29, 1.82) is 0 Å². The molecule has 11 heteroatoms. The van der Waals surface area contributed by atoms with Gasteiger partial charge in [-0.3, -0.25) is 19.8 Å². The second kappa shape index (κ2) is 12.9. The highest BCUT2D eigenvalue weighted by Gasteiger charge is 2.33. The molecule has 0 unspecified atom stereocenters. The van der Waals surface area contributed by atoms with E-state index in [0.29, 0.717) is 47.2 Å². The van der Waals surface area contributed by atoms with Gasteiger partial charge in [0.05, 0.1) is 11.5 Å². The number of hydrogen-bond donors (Lipinski definition) is 1. The average molecular weight is 593 g/mol. The van der Waals surface area contributed by atoms with E-state index in [-0.39, 0.29) is 16.8 Å². The first-order valence-corrected chi connectivity index (χ1v) is 13.3. The molecule has 3 amide bonds. The summed E-state index contributed by atoms with van der Waals surface area (Å²) in [5.74, 6) is -0.0974. The Hall–Kier alpha value is -2.89. The molecule has 1 fully saturated rings. The predicted octanol–water partition coefficient (Wildman–Crippen LogP) is 4.64. The van der Waals surface area contributed by atoms with Gasteiger partial charge in [0.2, 0.25) is 0 Å². The predicted molar refractivity (Wildman–Crippen MR) is 148 cm³/mol. The van der Waals surface area contributed by atoms with Crippen molar-refractivity contribution in [3.63, 3.8) is 0 Å². The number of carbonyl (C=O) groups excluding carboxylic acids is 3. The number of carbonyl (C=O) groups is 3. The summed E-state index contributed by atoms with van der Waals surface area (Å²) in [4.78, 5) is 39.8. The Morgan fingerprint density at radius 1 is 1.08 bits per heavy atom. The third kappa shape index (κ3) is 6.86. The summed E-state index contributed by atoms with van der Waals surface area (Å²) in [6.45, 7) is 7.19. The Morgan fingerprint density at radius 3 is 2.42 bits per heavy atom. The summed E-state index contributed by atoms with van der Waals surface area (Å²) < 4.78 is 12.5. The van der Waals surface area contributed by atoms with Gasteiger partial charge >= 0.3 is 0 Å². The lowest BCUT2D eigenvalue weighted by Gasteiger charge is -2.19. The molecule has 0 atom stereocenters. The number of hydrogen-bond acceptors (Lipinski definition) is 7. The first-order valence-electron chi connectivity index (χ1n) is 11.3. The van der Waals surface area contributed by atoms with E-state index in [1.807, 2.05) is 20.8 Å². The third-order valence-corrected chi connectivity index (χ3v) is 6.98. The SMILES string of the molecule is CCOc1cc(/C=C2/SC(=S)N(NC(=O)c3ccc(Br)cc3)C2=O)ccc1OCC(=O)N(CC)CC.